The van der Waals surface area contributed by atoms with Crippen molar-refractivity contribution in [2.45, 2.75) is 0 Å². The average Bonchev–Trinajstić information content (AvgIpc) is 0. The molecule has 0 spiro atoms. The fourth-order valence-electron chi connectivity index (χ4n) is 0. The van der Waals surface area contributed by atoms with Gasteiger partial charge in [0.05, 0.1) is 0 Å². The maximum absolute atomic E-state index is 0. The molecule has 0 aliphatic heterocycles. The van der Waals surface area contributed by atoms with Crippen LogP contribution in [0.25, 0.3) is 0 Å². The summed E-state index contributed by atoms with van der Waals surface area (Å²) in [5.74, 6) is 0. The van der Waals surface area contributed by atoms with Gasteiger partial charge < -0.3 is 5.48 Å². The molecule has 1 nitrogen and oxygen atoms in total. The second kappa shape index (κ2) is 18.0. The van der Waals surface area contributed by atoms with Crippen LogP contribution in [0.2, 0.25) is 0 Å². The molecule has 0 N–H and O–H groups in total. The summed E-state index contributed by atoms with van der Waals surface area (Å²) in [7, 11) is 0. The van der Waals surface area contributed by atoms with Crippen molar-refractivity contribution in [3.8, 4) is 0 Å². The van der Waals surface area contributed by atoms with Crippen molar-refractivity contribution in [1.82, 2.24) is 0 Å². The van der Waals surface area contributed by atoms with Gasteiger partial charge in [0, 0.05) is 35.6 Å². The third-order valence-corrected chi connectivity index (χ3v) is 0. The predicted octanol–water partition coefficient (Wildman–Crippen LogP) is -1.04. The molecule has 0 amide bonds. The maximum atomic E-state index is 0. The largest absolute Gasteiger partial charge is 2.00 e. The van der Waals surface area contributed by atoms with Gasteiger partial charge in [-0.15, -0.1) is 0 Å². The Bertz CT molecular complexity index is 8.00. The third kappa shape index (κ3) is 8.83. The molecule has 0 bridgehead atoms. The molecular formula is H2LaMgMnO. The molecule has 0 unspecified atom stereocenters. The van der Waals surface area contributed by atoms with Crippen LogP contribution in [0.5, 0.6) is 0 Å². The average molecular weight is 236 g/mol. The monoisotopic (exact) mass is 236 g/mol. The van der Waals surface area contributed by atoms with E-state index in [0.717, 1.165) is 0 Å². The topological polar surface area (TPSA) is 28.5 Å². The van der Waals surface area contributed by atoms with E-state index in [-0.39, 0.29) is 81.2 Å². The molecule has 20 valence electrons. The SMILES string of the molecule is [La].[MgH2].[Mn+2].[O-2]. The van der Waals surface area contributed by atoms with E-state index in [4.69, 9.17) is 0 Å². The normalized spacial score (nSPS) is 0. The van der Waals surface area contributed by atoms with Crippen molar-refractivity contribution < 1.29 is 58.1 Å². The standard InChI is InChI=1S/La.Mg.Mn.O.2H/q;;+2;-2;;. The van der Waals surface area contributed by atoms with Crippen LogP contribution >= 0.6 is 0 Å². The van der Waals surface area contributed by atoms with Gasteiger partial charge in [-0.1, -0.05) is 0 Å². The molecule has 0 atom stereocenters. The molecule has 0 fully saturated rings. The van der Waals surface area contributed by atoms with Gasteiger partial charge in [0.1, 0.15) is 0 Å². The fraction of sp³-hybridized carbons (Fsp3) is 0. The zero-order valence-corrected chi connectivity index (χ0v) is 6.17. The Kier molecular flexibility index (Phi) is 144. The van der Waals surface area contributed by atoms with Gasteiger partial charge in [0.15, 0.2) is 0 Å². The van der Waals surface area contributed by atoms with E-state index in [9.17, 15) is 0 Å². The molecule has 0 aromatic heterocycles. The van der Waals surface area contributed by atoms with Gasteiger partial charge in [0.2, 0.25) is 0 Å². The van der Waals surface area contributed by atoms with Crippen LogP contribution in [0, 0.1) is 35.6 Å². The van der Waals surface area contributed by atoms with Crippen molar-refractivity contribution in [3.63, 3.8) is 0 Å². The Labute approximate surface area is 79.8 Å². The second-order valence-corrected chi connectivity index (χ2v) is 0. The maximum Gasteiger partial charge on any atom is 2.00 e. The minimum absolute atomic E-state index is 0. The van der Waals surface area contributed by atoms with Gasteiger partial charge in [0.25, 0.3) is 0 Å². The number of hydrogen-bond acceptors (Lipinski definition) is 0. The molecule has 0 aromatic carbocycles. The summed E-state index contributed by atoms with van der Waals surface area (Å²) in [5.41, 5.74) is 0. The quantitative estimate of drug-likeness (QED) is 0.481. The van der Waals surface area contributed by atoms with E-state index in [1.54, 1.807) is 0 Å². The van der Waals surface area contributed by atoms with Gasteiger partial charge >= 0.3 is 40.1 Å². The molecule has 4 heavy (non-hydrogen) atoms. The third-order valence-electron chi connectivity index (χ3n) is 0. The molecule has 0 rings (SSSR count). The summed E-state index contributed by atoms with van der Waals surface area (Å²) < 4.78 is 0. The summed E-state index contributed by atoms with van der Waals surface area (Å²) in [6.07, 6.45) is 0. The van der Waals surface area contributed by atoms with Crippen LogP contribution in [0.15, 0.2) is 0 Å². The van der Waals surface area contributed by atoms with Crippen LogP contribution < -0.4 is 0 Å². The van der Waals surface area contributed by atoms with E-state index >= 15 is 0 Å². The van der Waals surface area contributed by atoms with E-state index in [0.29, 0.717) is 0 Å². The van der Waals surface area contributed by atoms with Crippen molar-refractivity contribution in [3.05, 3.63) is 0 Å². The zero-order chi connectivity index (χ0) is 0. The molecule has 0 heterocycles. The minimum atomic E-state index is 0. The Balaban J connectivity index is 0. The zero-order valence-electron chi connectivity index (χ0n) is 1.36. The summed E-state index contributed by atoms with van der Waals surface area (Å²) in [5, 5.41) is 0. The minimum Gasteiger partial charge on any atom is -2.00 e. The van der Waals surface area contributed by atoms with E-state index < -0.39 is 0 Å². The van der Waals surface area contributed by atoms with Gasteiger partial charge in [-0.05, 0) is 0 Å². The number of hydrogen-bond donors (Lipinski definition) is 0. The van der Waals surface area contributed by atoms with Crippen LogP contribution in [0.3, 0.4) is 0 Å². The summed E-state index contributed by atoms with van der Waals surface area (Å²) in [4.78, 5) is 0. The second-order valence-electron chi connectivity index (χ2n) is 0. The Morgan fingerprint density at radius 2 is 1.00 bits per heavy atom. The Hall–Kier alpha value is 2.44. The van der Waals surface area contributed by atoms with E-state index in [2.05, 4.69) is 0 Å². The molecule has 2 radical (unpaired) electrons. The summed E-state index contributed by atoms with van der Waals surface area (Å²) in [6.45, 7) is 0. The summed E-state index contributed by atoms with van der Waals surface area (Å²) in [6, 6.07) is 0. The molecule has 0 aliphatic rings. The molecule has 0 aromatic rings. The van der Waals surface area contributed by atoms with Crippen LogP contribution in [0.4, 0.5) is 0 Å². The summed E-state index contributed by atoms with van der Waals surface area (Å²) >= 11 is 0. The number of rotatable bonds is 0. The van der Waals surface area contributed by atoms with Crippen LogP contribution in [0.1, 0.15) is 0 Å². The Morgan fingerprint density at radius 3 is 1.00 bits per heavy atom. The molecule has 0 saturated carbocycles. The molecule has 0 saturated heterocycles. The first-order valence-corrected chi connectivity index (χ1v) is 0. The van der Waals surface area contributed by atoms with Crippen molar-refractivity contribution in [2.24, 2.45) is 0 Å². The van der Waals surface area contributed by atoms with E-state index in [1.807, 2.05) is 0 Å². The van der Waals surface area contributed by atoms with Crippen LogP contribution in [-0.2, 0) is 22.5 Å². The van der Waals surface area contributed by atoms with Crippen molar-refractivity contribution in [2.75, 3.05) is 0 Å². The molecular weight excluding hydrogens is 234 g/mol. The van der Waals surface area contributed by atoms with Crippen molar-refractivity contribution >= 4 is 23.1 Å². The van der Waals surface area contributed by atoms with Crippen molar-refractivity contribution in [1.29, 1.82) is 0 Å². The smallest absolute Gasteiger partial charge is 2.00 e. The van der Waals surface area contributed by atoms with Gasteiger partial charge in [-0.25, -0.2) is 0 Å². The Morgan fingerprint density at radius 1 is 1.00 bits per heavy atom. The molecule has 4 heteroatoms. The first-order valence-electron chi connectivity index (χ1n) is 0. The predicted molar refractivity (Wildman–Crippen MR) is 9.23 cm³/mol. The fourth-order valence-corrected chi connectivity index (χ4v) is 0. The van der Waals surface area contributed by atoms with Gasteiger partial charge in [-0.2, -0.15) is 0 Å². The van der Waals surface area contributed by atoms with Gasteiger partial charge in [-0.3, -0.25) is 0 Å². The molecule has 0 aliphatic carbocycles. The first kappa shape index (κ1) is 32.0. The van der Waals surface area contributed by atoms with E-state index in [1.165, 1.54) is 0 Å². The van der Waals surface area contributed by atoms with Crippen LogP contribution in [-0.4, -0.2) is 23.1 Å². The first-order chi connectivity index (χ1) is 0.